The minimum absolute atomic E-state index is 0.0443. The van der Waals surface area contributed by atoms with Gasteiger partial charge in [0.2, 0.25) is 5.91 Å². The van der Waals surface area contributed by atoms with Crippen LogP contribution in [0.4, 0.5) is 0 Å². The third kappa shape index (κ3) is 4.23. The van der Waals surface area contributed by atoms with E-state index in [1.807, 2.05) is 19.4 Å². The summed E-state index contributed by atoms with van der Waals surface area (Å²) in [5.74, 6) is 0.0754. The van der Waals surface area contributed by atoms with Gasteiger partial charge in [0.15, 0.2) is 0 Å². The van der Waals surface area contributed by atoms with Gasteiger partial charge in [-0.1, -0.05) is 29.8 Å². The summed E-state index contributed by atoms with van der Waals surface area (Å²) < 4.78 is 7.71. The lowest BCUT2D eigenvalue weighted by Gasteiger charge is -2.32. The molecule has 1 aromatic carbocycles. The van der Waals surface area contributed by atoms with E-state index in [2.05, 4.69) is 41.6 Å². The highest BCUT2D eigenvalue weighted by Gasteiger charge is 2.28. The van der Waals surface area contributed by atoms with Gasteiger partial charge in [-0.25, -0.2) is 0 Å². The fraction of sp³-hybridized carbons (Fsp3) is 0.474. The number of hydrogen-bond acceptors (Lipinski definition) is 3. The molecule has 1 N–H and O–H groups in total. The van der Waals surface area contributed by atoms with Crippen molar-refractivity contribution in [2.24, 2.45) is 7.05 Å². The third-order valence-electron chi connectivity index (χ3n) is 4.47. The Morgan fingerprint density at radius 3 is 2.88 bits per heavy atom. The van der Waals surface area contributed by atoms with Crippen LogP contribution < -0.4 is 5.32 Å². The van der Waals surface area contributed by atoms with Crippen molar-refractivity contribution in [1.82, 2.24) is 15.1 Å². The van der Waals surface area contributed by atoms with Crippen LogP contribution in [0.2, 0.25) is 0 Å². The van der Waals surface area contributed by atoms with E-state index in [1.54, 1.807) is 4.68 Å². The number of amides is 1. The topological polar surface area (TPSA) is 56.1 Å². The second-order valence-electron chi connectivity index (χ2n) is 6.54. The number of nitrogens with one attached hydrogen (secondary N) is 1. The Morgan fingerprint density at radius 2 is 2.17 bits per heavy atom. The molecular weight excluding hydrogens is 302 g/mol. The number of ether oxygens (including phenoxy) is 1. The Morgan fingerprint density at radius 1 is 1.38 bits per heavy atom. The van der Waals surface area contributed by atoms with E-state index in [1.165, 1.54) is 5.56 Å². The third-order valence-corrected chi connectivity index (χ3v) is 4.47. The predicted octanol–water partition coefficient (Wildman–Crippen LogP) is 2.70. The van der Waals surface area contributed by atoms with Gasteiger partial charge in [0.05, 0.1) is 12.2 Å². The standard InChI is InChI=1S/C19H25N3O2/c1-14-5-8-16(9-6-14)19-17(4-3-11-24-19)21-18(23)10-7-15-12-20-22(2)13-15/h5-6,8-9,12-13,17,19H,3-4,7,10-11H2,1-2H3,(H,21,23)/t17-,19+/m1/s1. The summed E-state index contributed by atoms with van der Waals surface area (Å²) in [4.78, 5) is 12.3. The molecule has 1 aliphatic heterocycles. The number of rotatable bonds is 5. The van der Waals surface area contributed by atoms with Crippen LogP contribution in [0.15, 0.2) is 36.7 Å². The lowest BCUT2D eigenvalue weighted by Crippen LogP contribution is -2.42. The van der Waals surface area contributed by atoms with E-state index in [0.29, 0.717) is 12.8 Å². The number of carbonyl (C=O) groups excluding carboxylic acids is 1. The van der Waals surface area contributed by atoms with Gasteiger partial charge in [-0.05, 0) is 37.3 Å². The van der Waals surface area contributed by atoms with Gasteiger partial charge in [-0.2, -0.15) is 5.10 Å². The summed E-state index contributed by atoms with van der Waals surface area (Å²) in [5, 5.41) is 7.30. The van der Waals surface area contributed by atoms with Crippen LogP contribution in [0, 0.1) is 6.92 Å². The van der Waals surface area contributed by atoms with Crippen molar-refractivity contribution in [2.45, 2.75) is 44.8 Å². The molecule has 128 valence electrons. The average molecular weight is 327 g/mol. The maximum atomic E-state index is 12.3. The van der Waals surface area contributed by atoms with Crippen molar-refractivity contribution in [1.29, 1.82) is 0 Å². The van der Waals surface area contributed by atoms with E-state index >= 15 is 0 Å². The molecule has 1 aromatic heterocycles. The van der Waals surface area contributed by atoms with Gasteiger partial charge in [0.1, 0.15) is 6.10 Å². The molecule has 2 heterocycles. The molecule has 2 aromatic rings. The lowest BCUT2D eigenvalue weighted by molar-refractivity contribution is -0.124. The van der Waals surface area contributed by atoms with E-state index < -0.39 is 0 Å². The molecule has 24 heavy (non-hydrogen) atoms. The normalized spacial score (nSPS) is 20.8. The average Bonchev–Trinajstić information content (AvgIpc) is 3.00. The molecule has 3 rings (SSSR count). The Hall–Kier alpha value is -2.14. The molecule has 5 nitrogen and oxygen atoms in total. The number of aromatic nitrogens is 2. The second-order valence-corrected chi connectivity index (χ2v) is 6.54. The van der Waals surface area contributed by atoms with Gasteiger partial charge in [0.25, 0.3) is 0 Å². The molecule has 1 fully saturated rings. The SMILES string of the molecule is Cc1ccc([C@@H]2OCCC[C@H]2NC(=O)CCc2cnn(C)c2)cc1. The summed E-state index contributed by atoms with van der Waals surface area (Å²) in [6.07, 6.45) is 6.83. The fourth-order valence-electron chi connectivity index (χ4n) is 3.15. The van der Waals surface area contributed by atoms with Crippen LogP contribution >= 0.6 is 0 Å². The minimum atomic E-state index is -0.0540. The van der Waals surface area contributed by atoms with Crippen molar-refractivity contribution in [2.75, 3.05) is 6.61 Å². The van der Waals surface area contributed by atoms with E-state index in [-0.39, 0.29) is 18.1 Å². The highest BCUT2D eigenvalue weighted by Crippen LogP contribution is 2.28. The zero-order valence-electron chi connectivity index (χ0n) is 14.4. The van der Waals surface area contributed by atoms with Crippen molar-refractivity contribution in [3.05, 3.63) is 53.3 Å². The Kier molecular flexibility index (Phi) is 5.30. The fourth-order valence-corrected chi connectivity index (χ4v) is 3.15. The summed E-state index contributed by atoms with van der Waals surface area (Å²) >= 11 is 0. The smallest absolute Gasteiger partial charge is 0.220 e. The van der Waals surface area contributed by atoms with E-state index in [0.717, 1.165) is 30.6 Å². The highest BCUT2D eigenvalue weighted by atomic mass is 16.5. The van der Waals surface area contributed by atoms with Crippen LogP contribution in [0.1, 0.15) is 42.1 Å². The zero-order valence-corrected chi connectivity index (χ0v) is 14.4. The van der Waals surface area contributed by atoms with E-state index in [4.69, 9.17) is 4.74 Å². The number of hydrogen-bond donors (Lipinski definition) is 1. The summed E-state index contributed by atoms with van der Waals surface area (Å²) in [6, 6.07) is 8.42. The number of carbonyl (C=O) groups is 1. The van der Waals surface area contributed by atoms with Gasteiger partial charge in [0, 0.05) is 26.3 Å². The first-order chi connectivity index (χ1) is 11.6. The molecule has 0 saturated carbocycles. The monoisotopic (exact) mass is 327 g/mol. The molecule has 1 amide bonds. The van der Waals surface area contributed by atoms with E-state index in [9.17, 15) is 4.79 Å². The predicted molar refractivity (Wildman–Crippen MR) is 92.6 cm³/mol. The van der Waals surface area contributed by atoms with Crippen LogP contribution in [0.3, 0.4) is 0 Å². The number of nitrogens with zero attached hydrogens (tertiary/aromatic N) is 2. The maximum Gasteiger partial charge on any atom is 0.220 e. The largest absolute Gasteiger partial charge is 0.371 e. The quantitative estimate of drug-likeness (QED) is 0.918. The maximum absolute atomic E-state index is 12.3. The summed E-state index contributed by atoms with van der Waals surface area (Å²) in [5.41, 5.74) is 3.45. The highest BCUT2D eigenvalue weighted by molar-refractivity contribution is 5.76. The van der Waals surface area contributed by atoms with Crippen LogP contribution in [0.5, 0.6) is 0 Å². The molecular formula is C19H25N3O2. The molecule has 5 heteroatoms. The van der Waals surface area contributed by atoms with Crippen LogP contribution in [0.25, 0.3) is 0 Å². The second kappa shape index (κ2) is 7.62. The first kappa shape index (κ1) is 16.7. The summed E-state index contributed by atoms with van der Waals surface area (Å²) in [6.45, 7) is 2.82. The molecule has 1 aliphatic rings. The molecule has 0 spiro atoms. The molecule has 0 aliphatic carbocycles. The van der Waals surface area contributed by atoms with Gasteiger partial charge in [-0.3, -0.25) is 9.48 Å². The minimum Gasteiger partial charge on any atom is -0.371 e. The van der Waals surface area contributed by atoms with Gasteiger partial charge in [-0.15, -0.1) is 0 Å². The number of aryl methyl sites for hydroxylation is 3. The van der Waals surface area contributed by atoms with Crippen molar-refractivity contribution in [3.8, 4) is 0 Å². The Bertz CT molecular complexity index is 678. The molecule has 0 unspecified atom stereocenters. The van der Waals surface area contributed by atoms with Crippen molar-refractivity contribution in [3.63, 3.8) is 0 Å². The number of benzene rings is 1. The van der Waals surface area contributed by atoms with Crippen molar-refractivity contribution >= 4 is 5.91 Å². The van der Waals surface area contributed by atoms with Crippen LogP contribution in [-0.4, -0.2) is 28.3 Å². The summed E-state index contributed by atoms with van der Waals surface area (Å²) in [7, 11) is 1.88. The molecule has 0 bridgehead atoms. The first-order valence-corrected chi connectivity index (χ1v) is 8.57. The molecule has 1 saturated heterocycles. The molecule has 0 radical (unpaired) electrons. The van der Waals surface area contributed by atoms with Gasteiger partial charge >= 0.3 is 0 Å². The molecule has 2 atom stereocenters. The first-order valence-electron chi connectivity index (χ1n) is 8.57. The lowest BCUT2D eigenvalue weighted by atomic mass is 9.95. The Balaban J connectivity index is 1.58. The zero-order chi connectivity index (χ0) is 16.9. The van der Waals surface area contributed by atoms with Crippen molar-refractivity contribution < 1.29 is 9.53 Å². The van der Waals surface area contributed by atoms with Gasteiger partial charge < -0.3 is 10.1 Å². The Labute approximate surface area is 143 Å². The van der Waals surface area contributed by atoms with Crippen LogP contribution in [-0.2, 0) is 23.0 Å².